The Morgan fingerprint density at radius 2 is 1.72 bits per heavy atom. The first kappa shape index (κ1) is 33.6. The van der Waals surface area contributed by atoms with Crippen molar-refractivity contribution in [2.75, 3.05) is 60.3 Å². The number of nitrogens with one attached hydrogen (secondary N) is 1. The Bertz CT molecular complexity index is 1760. The van der Waals surface area contributed by atoms with Crippen LogP contribution < -0.4 is 16.0 Å². The minimum Gasteiger partial charge on any atom is -0.508 e. The summed E-state index contributed by atoms with van der Waals surface area (Å²) in [5.74, 6) is -7.40. The number of Topliss-reactive ketones (excluding diaryl/α,β-unsaturated/α-hetero) is 2. The first-order chi connectivity index (χ1) is 22.0. The van der Waals surface area contributed by atoms with Crippen molar-refractivity contribution in [1.82, 2.24) is 15.1 Å². The van der Waals surface area contributed by atoms with Crippen LogP contribution in [0.25, 0.3) is 16.9 Å². The lowest BCUT2D eigenvalue weighted by molar-refractivity contribution is -0.153. The molecule has 1 saturated carbocycles. The molecule has 2 aromatic carbocycles. The first-order valence-electron chi connectivity index (χ1n) is 15.3. The molecular formula is C34H41N5O8. The van der Waals surface area contributed by atoms with E-state index in [0.717, 1.165) is 0 Å². The number of anilines is 1. The van der Waals surface area contributed by atoms with Crippen LogP contribution in [0, 0.1) is 11.8 Å². The minimum absolute atomic E-state index is 0.00781. The summed E-state index contributed by atoms with van der Waals surface area (Å²) in [6, 6.07) is 7.24. The zero-order valence-corrected chi connectivity index (χ0v) is 27.3. The van der Waals surface area contributed by atoms with E-state index in [1.165, 1.54) is 4.90 Å². The summed E-state index contributed by atoms with van der Waals surface area (Å²) in [6.45, 7) is 1.08. The summed E-state index contributed by atoms with van der Waals surface area (Å²) in [5, 5.41) is 49.4. The fraction of sp³-hybridized carbons (Fsp3) is 0.412. The number of ketones is 2. The minimum atomic E-state index is -2.73. The van der Waals surface area contributed by atoms with E-state index in [2.05, 4.69) is 5.32 Å². The third-order valence-corrected chi connectivity index (χ3v) is 9.46. The molecule has 0 aliphatic heterocycles. The van der Waals surface area contributed by atoms with E-state index in [1.54, 1.807) is 63.4 Å². The summed E-state index contributed by atoms with van der Waals surface area (Å²) in [7, 11) is 10.5. The van der Waals surface area contributed by atoms with Crippen LogP contribution in [0.1, 0.15) is 27.9 Å². The number of aliphatic hydroxyl groups excluding tert-OH is 2. The molecule has 0 bridgehead atoms. The van der Waals surface area contributed by atoms with Gasteiger partial charge in [0.05, 0.1) is 11.6 Å². The molecule has 0 spiro atoms. The van der Waals surface area contributed by atoms with E-state index in [-0.39, 0.29) is 41.2 Å². The quantitative estimate of drug-likeness (QED) is 0.224. The van der Waals surface area contributed by atoms with Gasteiger partial charge in [-0.3, -0.25) is 24.1 Å². The molecular weight excluding hydrogens is 606 g/mol. The van der Waals surface area contributed by atoms with Crippen molar-refractivity contribution in [3.8, 4) is 16.9 Å². The van der Waals surface area contributed by atoms with Gasteiger partial charge in [0.1, 0.15) is 22.8 Å². The zero-order chi connectivity index (χ0) is 34.7. The van der Waals surface area contributed by atoms with E-state index in [9.17, 15) is 39.6 Å². The van der Waals surface area contributed by atoms with Crippen molar-refractivity contribution >= 4 is 34.8 Å². The van der Waals surface area contributed by atoms with Gasteiger partial charge in [0.2, 0.25) is 5.78 Å². The number of amides is 2. The molecule has 5 rings (SSSR count). The molecule has 2 amide bonds. The molecule has 13 nitrogen and oxygen atoms in total. The first-order valence-corrected chi connectivity index (χ1v) is 15.3. The lowest BCUT2D eigenvalue weighted by atomic mass is 9.57. The van der Waals surface area contributed by atoms with Gasteiger partial charge in [-0.05, 0) is 76.3 Å². The number of likely N-dealkylation sites (N-methyl/N-ethyl adjacent to an activating group) is 2. The smallest absolute Gasteiger partial charge is 0.255 e. The summed E-state index contributed by atoms with van der Waals surface area (Å²) >= 11 is 0. The number of hydrogen-bond acceptors (Lipinski definition) is 11. The highest BCUT2D eigenvalue weighted by Gasteiger charge is 2.64. The number of fused-ring (bicyclic) bond motifs is 3. The van der Waals surface area contributed by atoms with Crippen LogP contribution in [0.4, 0.5) is 5.69 Å². The van der Waals surface area contributed by atoms with Gasteiger partial charge in [0.15, 0.2) is 11.4 Å². The highest BCUT2D eigenvalue weighted by atomic mass is 16.3. The highest BCUT2D eigenvalue weighted by Crippen LogP contribution is 2.55. The number of primary amides is 1. The largest absolute Gasteiger partial charge is 0.508 e. The van der Waals surface area contributed by atoms with Gasteiger partial charge in [-0.1, -0.05) is 12.1 Å². The molecule has 0 saturated heterocycles. The van der Waals surface area contributed by atoms with Crippen LogP contribution >= 0.6 is 0 Å². The molecule has 0 aromatic heterocycles. The van der Waals surface area contributed by atoms with Gasteiger partial charge in [-0.25, -0.2) is 0 Å². The van der Waals surface area contributed by atoms with Crippen molar-refractivity contribution in [2.45, 2.75) is 24.5 Å². The summed E-state index contributed by atoms with van der Waals surface area (Å²) < 4.78 is 0. The van der Waals surface area contributed by atoms with Crippen LogP contribution in [0.2, 0.25) is 0 Å². The van der Waals surface area contributed by atoms with Gasteiger partial charge in [-0.2, -0.15) is 0 Å². The molecule has 4 atom stereocenters. The molecule has 0 radical (unpaired) electrons. The molecule has 250 valence electrons. The Morgan fingerprint density at radius 3 is 2.32 bits per heavy atom. The lowest BCUT2D eigenvalue weighted by Crippen LogP contribution is -2.65. The number of carbonyl (C=O) groups excluding carboxylic acids is 4. The van der Waals surface area contributed by atoms with E-state index in [4.69, 9.17) is 5.73 Å². The predicted molar refractivity (Wildman–Crippen MR) is 175 cm³/mol. The lowest BCUT2D eigenvalue weighted by Gasteiger charge is -2.50. The number of nitrogens with zero attached hydrogens (tertiary/aromatic N) is 3. The second-order valence-electron chi connectivity index (χ2n) is 13.1. The average molecular weight is 648 g/mol. The van der Waals surface area contributed by atoms with Gasteiger partial charge in [0, 0.05) is 55.5 Å². The third-order valence-electron chi connectivity index (χ3n) is 9.46. The van der Waals surface area contributed by atoms with Gasteiger partial charge >= 0.3 is 0 Å². The molecule has 3 aliphatic rings. The maximum absolute atomic E-state index is 14.2. The molecule has 1 fully saturated rings. The van der Waals surface area contributed by atoms with Gasteiger partial charge in [0.25, 0.3) is 11.8 Å². The normalized spacial score (nSPS) is 23.9. The van der Waals surface area contributed by atoms with Crippen LogP contribution in [0.5, 0.6) is 5.75 Å². The molecule has 7 N–H and O–H groups in total. The fourth-order valence-electron chi connectivity index (χ4n) is 7.23. The number of aliphatic hydroxyl groups is 3. The fourth-order valence-corrected chi connectivity index (χ4v) is 7.23. The molecule has 13 heteroatoms. The zero-order valence-electron chi connectivity index (χ0n) is 27.3. The number of carbonyl (C=O) groups is 4. The Balaban J connectivity index is 1.67. The third kappa shape index (κ3) is 5.33. The molecule has 47 heavy (non-hydrogen) atoms. The average Bonchev–Trinajstić information content (AvgIpc) is 2.98. The summed E-state index contributed by atoms with van der Waals surface area (Å²) in [6.07, 6.45) is 0.149. The Labute approximate surface area is 272 Å². The van der Waals surface area contributed by atoms with Crippen LogP contribution in [-0.4, -0.2) is 121 Å². The maximum Gasteiger partial charge on any atom is 0.255 e. The van der Waals surface area contributed by atoms with E-state index < -0.39 is 58.0 Å². The standard InChI is InChI=1S/C34H41N5O8/c1-37(2)11-10-36-33(46)17-9-7-8-16(12-17)19-15-22(38(3)4)20-13-18-14-21-26(39(5)6)29(42)25(32(35)45)31(44)34(21,47)30(43)23(18)28(41)24(20)27(19)40/h7-9,12,15,18,21,26,40-41,44,47H,10-11,13-14H2,1-6H3,(H2,35,45)(H,36,46)/t18-,21-,26?,34-/m0/s1. The number of phenolic OH excluding ortho intramolecular Hbond substituents is 1. The van der Waals surface area contributed by atoms with Crippen molar-refractivity contribution in [3.63, 3.8) is 0 Å². The summed E-state index contributed by atoms with van der Waals surface area (Å²) in [4.78, 5) is 57.9. The molecule has 0 heterocycles. The number of rotatable bonds is 8. The molecule has 3 aliphatic carbocycles. The van der Waals surface area contributed by atoms with Crippen molar-refractivity contribution in [2.24, 2.45) is 17.6 Å². The van der Waals surface area contributed by atoms with E-state index in [0.29, 0.717) is 35.5 Å². The number of benzene rings is 2. The molecule has 1 unspecified atom stereocenters. The van der Waals surface area contributed by atoms with Crippen molar-refractivity contribution < 1.29 is 39.6 Å². The van der Waals surface area contributed by atoms with E-state index >= 15 is 0 Å². The van der Waals surface area contributed by atoms with Crippen LogP contribution in [0.15, 0.2) is 47.2 Å². The Hall–Kier alpha value is -4.72. The van der Waals surface area contributed by atoms with Crippen LogP contribution in [0.3, 0.4) is 0 Å². The predicted octanol–water partition coefficient (Wildman–Crippen LogP) is 0.988. The summed E-state index contributed by atoms with van der Waals surface area (Å²) in [5.41, 5.74) is 3.87. The van der Waals surface area contributed by atoms with Crippen LogP contribution in [-0.2, 0) is 20.8 Å². The van der Waals surface area contributed by atoms with Crippen molar-refractivity contribution in [3.05, 3.63) is 63.9 Å². The highest BCUT2D eigenvalue weighted by molar-refractivity contribution is 6.24. The number of phenols is 1. The van der Waals surface area contributed by atoms with E-state index in [1.807, 2.05) is 19.0 Å². The molecule has 2 aromatic rings. The Kier molecular flexibility index (Phi) is 8.69. The second kappa shape index (κ2) is 12.1. The topological polar surface area (TPSA) is 197 Å². The van der Waals surface area contributed by atoms with Gasteiger partial charge < -0.3 is 41.3 Å². The van der Waals surface area contributed by atoms with Gasteiger partial charge in [-0.15, -0.1) is 0 Å². The monoisotopic (exact) mass is 647 g/mol. The van der Waals surface area contributed by atoms with Crippen molar-refractivity contribution in [1.29, 1.82) is 0 Å². The Morgan fingerprint density at radius 1 is 1.04 bits per heavy atom. The number of hydrogen-bond donors (Lipinski definition) is 6. The number of nitrogens with two attached hydrogens (primary N) is 1. The SMILES string of the molecule is CN(C)CCNC(=O)c1cccc(-c2cc(N(C)C)c3c(c2O)C(O)=C2C(=O)[C@]4(O)C(O)=C(C(N)=O)C(=O)C(N(C)C)[C@@H]4C[C@@H]2C3)c1. The number of aromatic hydroxyl groups is 1. The second-order valence-corrected chi connectivity index (χ2v) is 13.1. The maximum atomic E-state index is 14.2.